The maximum atomic E-state index is 13.4. The molecule has 0 bridgehead atoms. The Morgan fingerprint density at radius 1 is 1.29 bits per heavy atom. The fraction of sp³-hybridized carbons (Fsp3) is 0.143. The molecule has 0 fully saturated rings. The normalized spacial score (nSPS) is 10.2. The van der Waals surface area contributed by atoms with E-state index in [2.05, 4.69) is 10.3 Å². The van der Waals surface area contributed by atoms with Crippen molar-refractivity contribution in [3.63, 3.8) is 0 Å². The van der Waals surface area contributed by atoms with Gasteiger partial charge in [-0.25, -0.2) is 8.78 Å². The van der Waals surface area contributed by atoms with Gasteiger partial charge in [-0.3, -0.25) is 9.59 Å². The van der Waals surface area contributed by atoms with Gasteiger partial charge in [0.15, 0.2) is 12.4 Å². The van der Waals surface area contributed by atoms with Crippen LogP contribution < -0.4 is 15.5 Å². The first-order chi connectivity index (χ1) is 9.99. The van der Waals surface area contributed by atoms with Crippen LogP contribution in [0.2, 0.25) is 0 Å². The van der Waals surface area contributed by atoms with E-state index in [1.807, 2.05) is 0 Å². The molecular formula is C14H12F2N2O3. The molecule has 0 spiro atoms. The lowest BCUT2D eigenvalue weighted by molar-refractivity contribution is -0.118. The summed E-state index contributed by atoms with van der Waals surface area (Å²) in [5.41, 5.74) is -0.492. The number of nitrogens with one attached hydrogen (secondary N) is 2. The largest absolute Gasteiger partial charge is 0.478 e. The van der Waals surface area contributed by atoms with Crippen LogP contribution in [0.15, 0.2) is 35.3 Å². The van der Waals surface area contributed by atoms with Gasteiger partial charge >= 0.3 is 0 Å². The van der Waals surface area contributed by atoms with Crippen LogP contribution in [0, 0.1) is 18.6 Å². The number of H-pyrrole nitrogens is 1. The van der Waals surface area contributed by atoms with E-state index in [9.17, 15) is 18.4 Å². The Bertz CT molecular complexity index is 708. The predicted molar refractivity (Wildman–Crippen MR) is 72.3 cm³/mol. The molecule has 1 amide bonds. The summed E-state index contributed by atoms with van der Waals surface area (Å²) < 4.78 is 31.8. The van der Waals surface area contributed by atoms with E-state index in [4.69, 9.17) is 4.74 Å². The molecule has 110 valence electrons. The van der Waals surface area contributed by atoms with Gasteiger partial charge < -0.3 is 15.0 Å². The molecule has 1 aromatic carbocycles. The smallest absolute Gasteiger partial charge is 0.262 e. The Balaban J connectivity index is 2.05. The third-order valence-corrected chi connectivity index (χ3v) is 2.67. The number of carbonyl (C=O) groups excluding carboxylic acids is 1. The van der Waals surface area contributed by atoms with Crippen molar-refractivity contribution in [3.8, 4) is 5.75 Å². The molecule has 2 rings (SSSR count). The minimum absolute atomic E-state index is 0.0124. The predicted octanol–water partition coefficient (Wildman–Crippen LogP) is 1.98. The number of rotatable bonds is 4. The van der Waals surface area contributed by atoms with Crippen LogP contribution in [0.3, 0.4) is 0 Å². The summed E-state index contributed by atoms with van der Waals surface area (Å²) in [6.45, 7) is 1.06. The molecule has 2 N–H and O–H groups in total. The molecule has 0 radical (unpaired) electrons. The molecule has 1 aromatic heterocycles. The number of halogens is 2. The van der Waals surface area contributed by atoms with Gasteiger partial charge in [0.2, 0.25) is 5.43 Å². The summed E-state index contributed by atoms with van der Waals surface area (Å²) in [5.74, 6) is -2.57. The van der Waals surface area contributed by atoms with Gasteiger partial charge in [0.25, 0.3) is 5.91 Å². The zero-order chi connectivity index (χ0) is 15.4. The number of benzene rings is 1. The highest BCUT2D eigenvalue weighted by Crippen LogP contribution is 2.17. The highest BCUT2D eigenvalue weighted by Gasteiger charge is 2.13. The van der Waals surface area contributed by atoms with Gasteiger partial charge in [0.1, 0.15) is 17.3 Å². The Hall–Kier alpha value is -2.70. The zero-order valence-electron chi connectivity index (χ0n) is 11.1. The van der Waals surface area contributed by atoms with Crippen molar-refractivity contribution < 1.29 is 18.3 Å². The molecule has 0 aliphatic rings. The number of anilines is 1. The van der Waals surface area contributed by atoms with Gasteiger partial charge in [-0.1, -0.05) is 6.07 Å². The zero-order valence-corrected chi connectivity index (χ0v) is 11.1. The number of aromatic nitrogens is 1. The third-order valence-electron chi connectivity index (χ3n) is 2.67. The first-order valence-corrected chi connectivity index (χ1v) is 6.04. The van der Waals surface area contributed by atoms with Crippen LogP contribution in [0.5, 0.6) is 5.75 Å². The first-order valence-electron chi connectivity index (χ1n) is 6.04. The topological polar surface area (TPSA) is 71.2 Å². The number of hydrogen-bond donors (Lipinski definition) is 2. The maximum Gasteiger partial charge on any atom is 0.262 e. The van der Waals surface area contributed by atoms with Gasteiger partial charge in [0.05, 0.1) is 5.69 Å². The van der Waals surface area contributed by atoms with Crippen molar-refractivity contribution >= 4 is 11.6 Å². The van der Waals surface area contributed by atoms with E-state index in [0.29, 0.717) is 5.69 Å². The second-order valence-electron chi connectivity index (χ2n) is 4.23. The fourth-order valence-electron chi connectivity index (χ4n) is 1.68. The van der Waals surface area contributed by atoms with E-state index >= 15 is 0 Å². The molecule has 1 heterocycles. The van der Waals surface area contributed by atoms with Gasteiger partial charge in [-0.15, -0.1) is 0 Å². The maximum absolute atomic E-state index is 13.4. The van der Waals surface area contributed by atoms with Crippen molar-refractivity contribution in [2.24, 2.45) is 0 Å². The lowest BCUT2D eigenvalue weighted by atomic mass is 10.3. The van der Waals surface area contributed by atoms with Gasteiger partial charge in [-0.2, -0.15) is 0 Å². The van der Waals surface area contributed by atoms with Crippen molar-refractivity contribution in [1.29, 1.82) is 0 Å². The van der Waals surface area contributed by atoms with Crippen LogP contribution in [0.1, 0.15) is 5.69 Å². The minimum Gasteiger partial charge on any atom is -0.478 e. The monoisotopic (exact) mass is 294 g/mol. The summed E-state index contributed by atoms with van der Waals surface area (Å²) in [6.07, 6.45) is 1.44. The number of ether oxygens (including phenoxy) is 1. The third kappa shape index (κ3) is 3.44. The average Bonchev–Trinajstić information content (AvgIpc) is 2.42. The minimum atomic E-state index is -0.892. The summed E-state index contributed by atoms with van der Waals surface area (Å²) in [5, 5.41) is 2.06. The van der Waals surface area contributed by atoms with Crippen LogP contribution >= 0.6 is 0 Å². The quantitative estimate of drug-likeness (QED) is 0.905. The lowest BCUT2D eigenvalue weighted by Crippen LogP contribution is -2.23. The molecule has 2 aromatic rings. The fourth-order valence-corrected chi connectivity index (χ4v) is 1.68. The molecule has 0 saturated carbocycles. The van der Waals surface area contributed by atoms with E-state index in [1.165, 1.54) is 18.3 Å². The molecule has 0 aliphatic carbocycles. The Morgan fingerprint density at radius 3 is 2.57 bits per heavy atom. The Morgan fingerprint density at radius 2 is 1.95 bits per heavy atom. The molecule has 7 heteroatoms. The van der Waals surface area contributed by atoms with E-state index in [0.717, 1.165) is 12.1 Å². The van der Waals surface area contributed by atoms with E-state index in [1.54, 1.807) is 6.92 Å². The first kappa shape index (κ1) is 14.7. The lowest BCUT2D eigenvalue weighted by Gasteiger charge is -2.09. The number of carbonyl (C=O) groups is 1. The van der Waals surface area contributed by atoms with Crippen LogP contribution in [-0.2, 0) is 4.79 Å². The number of para-hydroxylation sites is 1. The standard InChI is InChI=1S/C14H12F2N2O3/c1-8-14(11(19)5-6-17-8)21-7-12(20)18-13-9(15)3-2-4-10(13)16/h2-6H,7H2,1H3,(H,17,19)(H,18,20). The SMILES string of the molecule is Cc1[nH]ccc(=O)c1OCC(=O)Nc1c(F)cccc1F. The molecule has 0 unspecified atom stereocenters. The number of aromatic amines is 1. The molecule has 21 heavy (non-hydrogen) atoms. The summed E-state index contributed by atoms with van der Waals surface area (Å²) >= 11 is 0. The second-order valence-corrected chi connectivity index (χ2v) is 4.23. The van der Waals surface area contributed by atoms with E-state index in [-0.39, 0.29) is 5.75 Å². The second kappa shape index (κ2) is 6.17. The highest BCUT2D eigenvalue weighted by molar-refractivity contribution is 5.92. The Labute approximate surface area is 118 Å². The number of hydrogen-bond acceptors (Lipinski definition) is 3. The van der Waals surface area contributed by atoms with Gasteiger partial charge in [0, 0.05) is 12.3 Å². The van der Waals surface area contributed by atoms with Crippen LogP contribution in [-0.4, -0.2) is 17.5 Å². The van der Waals surface area contributed by atoms with Crippen LogP contribution in [0.4, 0.5) is 14.5 Å². The van der Waals surface area contributed by atoms with E-state index < -0.39 is 35.3 Å². The molecular weight excluding hydrogens is 282 g/mol. The summed E-state index contributed by atoms with van der Waals surface area (Å²) in [4.78, 5) is 25.9. The van der Waals surface area contributed by atoms with Crippen molar-refractivity contribution in [1.82, 2.24) is 4.98 Å². The van der Waals surface area contributed by atoms with Crippen molar-refractivity contribution in [2.75, 3.05) is 11.9 Å². The molecule has 0 saturated heterocycles. The summed E-state index contributed by atoms with van der Waals surface area (Å²) in [6, 6.07) is 4.47. The highest BCUT2D eigenvalue weighted by atomic mass is 19.1. The molecule has 0 atom stereocenters. The average molecular weight is 294 g/mol. The van der Waals surface area contributed by atoms with Crippen molar-refractivity contribution in [3.05, 3.63) is 58.0 Å². The molecule has 5 nitrogen and oxygen atoms in total. The number of pyridine rings is 1. The van der Waals surface area contributed by atoms with Gasteiger partial charge in [-0.05, 0) is 19.1 Å². The Kier molecular flexibility index (Phi) is 4.32. The van der Waals surface area contributed by atoms with Crippen LogP contribution in [0.25, 0.3) is 0 Å². The summed E-state index contributed by atoms with van der Waals surface area (Å²) in [7, 11) is 0. The number of amides is 1. The van der Waals surface area contributed by atoms with Crippen molar-refractivity contribution in [2.45, 2.75) is 6.92 Å². The number of aryl methyl sites for hydroxylation is 1. The molecule has 0 aliphatic heterocycles.